The van der Waals surface area contributed by atoms with E-state index >= 15 is 0 Å². The molecule has 16 heavy (non-hydrogen) atoms. The lowest BCUT2D eigenvalue weighted by Gasteiger charge is -2.22. The van der Waals surface area contributed by atoms with Crippen molar-refractivity contribution in [2.45, 2.75) is 13.1 Å². The monoisotopic (exact) mass is 276 g/mol. The Labute approximate surface area is 104 Å². The molecule has 2 aromatic rings. The van der Waals surface area contributed by atoms with E-state index in [2.05, 4.69) is 60.4 Å². The van der Waals surface area contributed by atoms with Crippen LogP contribution in [0.4, 0.5) is 0 Å². The van der Waals surface area contributed by atoms with Gasteiger partial charge in [0.25, 0.3) is 0 Å². The van der Waals surface area contributed by atoms with Crippen molar-refractivity contribution < 1.29 is 4.48 Å². The van der Waals surface area contributed by atoms with Crippen LogP contribution >= 0.6 is 15.9 Å². The van der Waals surface area contributed by atoms with Gasteiger partial charge in [-0.3, -0.25) is 0 Å². The molecule has 0 saturated heterocycles. The molecule has 0 aliphatic carbocycles. The molecule has 3 rings (SSSR count). The highest BCUT2D eigenvalue weighted by Crippen LogP contribution is 2.31. The number of rotatable bonds is 0. The Morgan fingerprint density at radius 1 is 0.938 bits per heavy atom. The van der Waals surface area contributed by atoms with Gasteiger partial charge in [0.15, 0.2) is 0 Å². The average molecular weight is 277 g/mol. The highest BCUT2D eigenvalue weighted by atomic mass is 79.9. The maximum atomic E-state index is 3.53. The van der Waals surface area contributed by atoms with E-state index in [0.717, 1.165) is 22.0 Å². The molecular weight excluding hydrogens is 262 g/mol. The number of halogens is 1. The van der Waals surface area contributed by atoms with E-state index in [1.54, 1.807) is 0 Å². The molecule has 2 aromatic carbocycles. The van der Waals surface area contributed by atoms with Gasteiger partial charge in [-0.2, -0.15) is 0 Å². The van der Waals surface area contributed by atoms with Crippen LogP contribution in [0.1, 0.15) is 11.1 Å². The minimum Gasteiger partial charge on any atom is -0.321 e. The molecule has 0 unspecified atom stereocenters. The molecule has 0 aromatic heterocycles. The van der Waals surface area contributed by atoms with E-state index in [4.69, 9.17) is 0 Å². The lowest BCUT2D eigenvalue weighted by Crippen LogP contribution is -2.32. The van der Waals surface area contributed by atoms with Crippen molar-refractivity contribution in [1.29, 1.82) is 0 Å². The van der Waals surface area contributed by atoms with Crippen molar-refractivity contribution in [3.63, 3.8) is 0 Å². The molecule has 0 N–H and O–H groups in total. The van der Waals surface area contributed by atoms with Gasteiger partial charge < -0.3 is 4.48 Å². The molecule has 0 saturated carbocycles. The summed E-state index contributed by atoms with van der Waals surface area (Å²) in [7, 11) is 4.58. The number of hydrogen-bond donors (Lipinski definition) is 0. The first-order chi connectivity index (χ1) is 7.53. The lowest BCUT2D eigenvalue weighted by molar-refractivity contribution is -0.910. The topological polar surface area (TPSA) is 0 Å². The SMILES string of the molecule is C[N+]1(C)Cc2cc3ccc(Br)cc3cc2C1. The maximum absolute atomic E-state index is 3.53. The summed E-state index contributed by atoms with van der Waals surface area (Å²) in [6.45, 7) is 2.30. The van der Waals surface area contributed by atoms with Gasteiger partial charge in [-0.1, -0.05) is 22.0 Å². The Bertz CT molecular complexity index is 572. The first-order valence-corrected chi connectivity index (χ1v) is 6.36. The number of fused-ring (bicyclic) bond motifs is 2. The van der Waals surface area contributed by atoms with Crippen molar-refractivity contribution in [3.05, 3.63) is 45.9 Å². The Morgan fingerprint density at radius 2 is 1.56 bits per heavy atom. The van der Waals surface area contributed by atoms with Crippen molar-refractivity contribution in [3.8, 4) is 0 Å². The van der Waals surface area contributed by atoms with Crippen LogP contribution in [0, 0.1) is 0 Å². The molecule has 1 aliphatic heterocycles. The van der Waals surface area contributed by atoms with Crippen LogP contribution in [0.15, 0.2) is 34.8 Å². The summed E-state index contributed by atoms with van der Waals surface area (Å²) in [6, 6.07) is 11.2. The first-order valence-electron chi connectivity index (χ1n) is 5.57. The molecule has 1 heterocycles. The maximum Gasteiger partial charge on any atom is 0.105 e. The zero-order valence-electron chi connectivity index (χ0n) is 9.63. The van der Waals surface area contributed by atoms with Gasteiger partial charge in [0.2, 0.25) is 0 Å². The number of quaternary nitrogens is 1. The van der Waals surface area contributed by atoms with Crippen LogP contribution in [0.3, 0.4) is 0 Å². The second-order valence-electron chi connectivity index (χ2n) is 5.36. The number of hydrogen-bond acceptors (Lipinski definition) is 0. The van der Waals surface area contributed by atoms with E-state index in [1.807, 2.05) is 0 Å². The van der Waals surface area contributed by atoms with Crippen molar-refractivity contribution in [1.82, 2.24) is 0 Å². The lowest BCUT2D eigenvalue weighted by atomic mass is 10.0. The van der Waals surface area contributed by atoms with Gasteiger partial charge in [-0.15, -0.1) is 0 Å². The summed E-state index contributed by atoms with van der Waals surface area (Å²) in [6.07, 6.45) is 0. The van der Waals surface area contributed by atoms with Gasteiger partial charge in [0, 0.05) is 15.6 Å². The summed E-state index contributed by atoms with van der Waals surface area (Å²) in [5.41, 5.74) is 3.02. The summed E-state index contributed by atoms with van der Waals surface area (Å²) in [4.78, 5) is 0. The third-order valence-electron chi connectivity index (χ3n) is 3.32. The van der Waals surface area contributed by atoms with Crippen LogP contribution in [-0.4, -0.2) is 18.6 Å². The van der Waals surface area contributed by atoms with Gasteiger partial charge in [-0.25, -0.2) is 0 Å². The Balaban J connectivity index is 2.22. The summed E-state index contributed by atoms with van der Waals surface area (Å²) in [5.74, 6) is 0. The second-order valence-corrected chi connectivity index (χ2v) is 6.28. The summed E-state index contributed by atoms with van der Waals surface area (Å²) < 4.78 is 2.24. The number of nitrogens with zero attached hydrogens (tertiary/aromatic N) is 1. The third-order valence-corrected chi connectivity index (χ3v) is 3.81. The van der Waals surface area contributed by atoms with Gasteiger partial charge in [0.1, 0.15) is 13.1 Å². The van der Waals surface area contributed by atoms with Crippen LogP contribution in [0.2, 0.25) is 0 Å². The average Bonchev–Trinajstić information content (AvgIpc) is 2.47. The quantitative estimate of drug-likeness (QED) is 0.644. The van der Waals surface area contributed by atoms with Crippen LogP contribution < -0.4 is 0 Å². The predicted octanol–water partition coefficient (Wildman–Crippen LogP) is 3.69. The Morgan fingerprint density at radius 3 is 2.25 bits per heavy atom. The normalized spacial score (nSPS) is 17.7. The molecule has 0 bridgehead atoms. The molecule has 0 fully saturated rings. The zero-order chi connectivity index (χ0) is 11.3. The molecule has 0 spiro atoms. The summed E-state index contributed by atoms with van der Waals surface area (Å²) >= 11 is 3.53. The first kappa shape index (κ1) is 10.3. The van der Waals surface area contributed by atoms with E-state index in [0.29, 0.717) is 0 Å². The van der Waals surface area contributed by atoms with E-state index in [-0.39, 0.29) is 0 Å². The van der Waals surface area contributed by atoms with Gasteiger partial charge >= 0.3 is 0 Å². The highest BCUT2D eigenvalue weighted by Gasteiger charge is 2.27. The molecule has 1 aliphatic rings. The fraction of sp³-hybridized carbons (Fsp3) is 0.286. The molecule has 0 amide bonds. The van der Waals surface area contributed by atoms with E-state index < -0.39 is 0 Å². The Hall–Kier alpha value is -0.860. The molecule has 1 nitrogen and oxygen atoms in total. The minimum atomic E-state index is 1.08. The largest absolute Gasteiger partial charge is 0.321 e. The summed E-state index contributed by atoms with van der Waals surface area (Å²) in [5, 5.41) is 2.69. The number of benzene rings is 2. The molecule has 0 radical (unpaired) electrons. The minimum absolute atomic E-state index is 1.08. The van der Waals surface area contributed by atoms with Crippen LogP contribution in [-0.2, 0) is 13.1 Å². The Kier molecular flexibility index (Phi) is 2.13. The molecule has 82 valence electrons. The predicted molar refractivity (Wildman–Crippen MR) is 71.2 cm³/mol. The van der Waals surface area contributed by atoms with Crippen molar-refractivity contribution >= 4 is 26.7 Å². The van der Waals surface area contributed by atoms with Crippen molar-refractivity contribution in [2.75, 3.05) is 14.1 Å². The van der Waals surface area contributed by atoms with Crippen LogP contribution in [0.25, 0.3) is 10.8 Å². The zero-order valence-corrected chi connectivity index (χ0v) is 11.2. The fourth-order valence-electron chi connectivity index (χ4n) is 2.64. The smallest absolute Gasteiger partial charge is 0.105 e. The highest BCUT2D eigenvalue weighted by molar-refractivity contribution is 9.10. The molecule has 0 atom stereocenters. The standard InChI is InChI=1S/C14H15BrN/c1-16(2)8-12-5-10-3-4-14(15)7-11(10)6-13(12)9-16/h3-7H,8-9H2,1-2H3/q+1. The van der Waals surface area contributed by atoms with E-state index in [1.165, 1.54) is 21.9 Å². The second kappa shape index (κ2) is 3.31. The van der Waals surface area contributed by atoms with Crippen molar-refractivity contribution in [2.24, 2.45) is 0 Å². The van der Waals surface area contributed by atoms with Gasteiger partial charge in [-0.05, 0) is 35.0 Å². The fourth-order valence-corrected chi connectivity index (χ4v) is 3.01. The van der Waals surface area contributed by atoms with Gasteiger partial charge in [0.05, 0.1) is 14.1 Å². The van der Waals surface area contributed by atoms with Crippen LogP contribution in [0.5, 0.6) is 0 Å². The third kappa shape index (κ3) is 1.66. The van der Waals surface area contributed by atoms with E-state index in [9.17, 15) is 0 Å². The molecule has 2 heteroatoms. The molecular formula is C14H15BrN+.